The topological polar surface area (TPSA) is 47.0 Å². The normalized spacial score (nSPS) is 9.47. The number of aryl methyl sites for hydroxylation is 1. The number of halogens is 1. The molecular formula is C12H11IN2O2. The van der Waals surface area contributed by atoms with Crippen molar-refractivity contribution < 1.29 is 33.5 Å². The van der Waals surface area contributed by atoms with Crippen LogP contribution in [0.25, 0.3) is 11.1 Å². The van der Waals surface area contributed by atoms with Gasteiger partial charge in [-0.25, -0.2) is 4.57 Å². The van der Waals surface area contributed by atoms with E-state index in [1.807, 2.05) is 30.3 Å². The molecular weight excluding hydrogens is 331 g/mol. The molecule has 0 bridgehead atoms. The van der Waals surface area contributed by atoms with Crippen molar-refractivity contribution >= 4 is 5.69 Å². The van der Waals surface area contributed by atoms with Crippen LogP contribution in [0.2, 0.25) is 0 Å². The summed E-state index contributed by atoms with van der Waals surface area (Å²) >= 11 is 0. The lowest BCUT2D eigenvalue weighted by Gasteiger charge is -2.00. The third kappa shape index (κ3) is 3.00. The summed E-state index contributed by atoms with van der Waals surface area (Å²) in [5, 5.41) is 10.9. The predicted molar refractivity (Wildman–Crippen MR) is 59.7 cm³/mol. The second-order valence-corrected chi connectivity index (χ2v) is 3.53. The Balaban J connectivity index is 0.00000144. The van der Waals surface area contributed by atoms with Crippen LogP contribution in [0.3, 0.4) is 0 Å². The average Bonchev–Trinajstić information content (AvgIpc) is 2.30. The summed E-state index contributed by atoms with van der Waals surface area (Å²) in [6.07, 6.45) is 3.32. The fraction of sp³-hybridized carbons (Fsp3) is 0.0833. The third-order valence-corrected chi connectivity index (χ3v) is 2.36. The van der Waals surface area contributed by atoms with Gasteiger partial charge in [0, 0.05) is 6.07 Å². The monoisotopic (exact) mass is 342 g/mol. The van der Waals surface area contributed by atoms with Gasteiger partial charge < -0.3 is 24.0 Å². The summed E-state index contributed by atoms with van der Waals surface area (Å²) in [4.78, 5) is 10.6. The van der Waals surface area contributed by atoms with Crippen LogP contribution < -0.4 is 28.5 Å². The standard InChI is InChI=1S/C12H11N2O2.HI/c1-13-8-7-11(12(9-13)14(15)16)10-5-3-2-4-6-10;/h2-9H,1H3;1H/q+1;/p-1. The zero-order valence-corrected chi connectivity index (χ0v) is 11.4. The number of aromatic nitrogens is 1. The van der Waals surface area contributed by atoms with E-state index in [0.717, 1.165) is 5.56 Å². The zero-order chi connectivity index (χ0) is 11.5. The molecule has 0 fully saturated rings. The molecule has 0 saturated carbocycles. The maximum Gasteiger partial charge on any atom is 0.340 e. The molecule has 0 aliphatic carbocycles. The highest BCUT2D eigenvalue weighted by Gasteiger charge is 2.18. The molecule has 4 nitrogen and oxygen atoms in total. The van der Waals surface area contributed by atoms with Crippen LogP contribution in [0.5, 0.6) is 0 Å². The van der Waals surface area contributed by atoms with Crippen LogP contribution in [0.15, 0.2) is 48.8 Å². The molecule has 0 radical (unpaired) electrons. The van der Waals surface area contributed by atoms with Gasteiger partial charge >= 0.3 is 5.69 Å². The summed E-state index contributed by atoms with van der Waals surface area (Å²) < 4.78 is 1.67. The molecule has 0 spiro atoms. The predicted octanol–water partition coefficient (Wildman–Crippen LogP) is -0.910. The molecule has 17 heavy (non-hydrogen) atoms. The maximum atomic E-state index is 10.9. The molecule has 5 heteroatoms. The molecule has 2 aromatic rings. The Morgan fingerprint density at radius 1 is 1.18 bits per heavy atom. The summed E-state index contributed by atoms with van der Waals surface area (Å²) in [5.74, 6) is 0. The van der Waals surface area contributed by atoms with Crippen LogP contribution in [0.4, 0.5) is 5.69 Å². The Morgan fingerprint density at radius 2 is 1.82 bits per heavy atom. The Kier molecular flexibility index (Phi) is 4.56. The molecule has 2 rings (SSSR count). The van der Waals surface area contributed by atoms with E-state index in [4.69, 9.17) is 0 Å². The quantitative estimate of drug-likeness (QED) is 0.307. The van der Waals surface area contributed by atoms with E-state index in [-0.39, 0.29) is 34.6 Å². The second-order valence-electron chi connectivity index (χ2n) is 3.53. The molecule has 0 atom stereocenters. The van der Waals surface area contributed by atoms with E-state index >= 15 is 0 Å². The molecule has 1 aromatic heterocycles. The highest BCUT2D eigenvalue weighted by molar-refractivity contribution is 5.71. The van der Waals surface area contributed by atoms with Crippen molar-refractivity contribution in [3.05, 3.63) is 58.9 Å². The highest BCUT2D eigenvalue weighted by Crippen LogP contribution is 2.27. The van der Waals surface area contributed by atoms with E-state index in [1.54, 1.807) is 23.9 Å². The Morgan fingerprint density at radius 3 is 2.41 bits per heavy atom. The number of benzene rings is 1. The van der Waals surface area contributed by atoms with Gasteiger partial charge in [0.2, 0.25) is 6.20 Å². The smallest absolute Gasteiger partial charge is 0.340 e. The number of nitro groups is 1. The zero-order valence-electron chi connectivity index (χ0n) is 9.21. The highest BCUT2D eigenvalue weighted by atomic mass is 127. The number of rotatable bonds is 2. The van der Waals surface area contributed by atoms with Gasteiger partial charge in [0.05, 0.1) is 10.5 Å². The van der Waals surface area contributed by atoms with Crippen molar-refractivity contribution in [1.82, 2.24) is 0 Å². The molecule has 0 unspecified atom stereocenters. The van der Waals surface area contributed by atoms with Gasteiger partial charge in [-0.1, -0.05) is 30.3 Å². The van der Waals surface area contributed by atoms with Crippen LogP contribution in [-0.2, 0) is 7.05 Å². The van der Waals surface area contributed by atoms with Crippen molar-refractivity contribution in [2.24, 2.45) is 7.05 Å². The van der Waals surface area contributed by atoms with Crippen molar-refractivity contribution in [3.63, 3.8) is 0 Å². The van der Waals surface area contributed by atoms with Crippen LogP contribution in [0, 0.1) is 10.1 Å². The third-order valence-electron chi connectivity index (χ3n) is 2.36. The van der Waals surface area contributed by atoms with Gasteiger partial charge in [0.15, 0.2) is 6.20 Å². The van der Waals surface area contributed by atoms with Crippen molar-refractivity contribution in [3.8, 4) is 11.1 Å². The van der Waals surface area contributed by atoms with E-state index < -0.39 is 0 Å². The SMILES string of the molecule is C[n+]1ccc(-c2ccccc2)c([N+](=O)[O-])c1.[I-]. The lowest BCUT2D eigenvalue weighted by molar-refractivity contribution is -0.674. The minimum Gasteiger partial charge on any atom is -1.00 e. The molecule has 0 saturated heterocycles. The van der Waals surface area contributed by atoms with Crippen LogP contribution in [0.1, 0.15) is 0 Å². The molecule has 1 aromatic carbocycles. The van der Waals surface area contributed by atoms with E-state index in [1.165, 1.54) is 6.20 Å². The van der Waals surface area contributed by atoms with E-state index in [9.17, 15) is 10.1 Å². The van der Waals surface area contributed by atoms with Crippen LogP contribution in [-0.4, -0.2) is 4.92 Å². The summed E-state index contributed by atoms with van der Waals surface area (Å²) in [5.41, 5.74) is 1.62. The first kappa shape index (κ1) is 13.6. The summed E-state index contributed by atoms with van der Waals surface area (Å²) in [6, 6.07) is 11.1. The van der Waals surface area contributed by atoms with Crippen molar-refractivity contribution in [2.45, 2.75) is 0 Å². The fourth-order valence-corrected chi connectivity index (χ4v) is 1.59. The van der Waals surface area contributed by atoms with Gasteiger partial charge in [-0.3, -0.25) is 10.1 Å². The summed E-state index contributed by atoms with van der Waals surface area (Å²) in [6.45, 7) is 0. The average molecular weight is 342 g/mol. The van der Waals surface area contributed by atoms with Crippen LogP contribution >= 0.6 is 0 Å². The first-order valence-electron chi connectivity index (χ1n) is 4.87. The minimum atomic E-state index is -0.359. The molecule has 1 heterocycles. The Hall–Kier alpha value is -1.50. The van der Waals surface area contributed by atoms with Gasteiger partial charge in [0.1, 0.15) is 7.05 Å². The first-order chi connectivity index (χ1) is 7.68. The molecule has 0 aliphatic heterocycles. The maximum absolute atomic E-state index is 10.9. The van der Waals surface area contributed by atoms with Gasteiger partial charge in [0.25, 0.3) is 0 Å². The fourth-order valence-electron chi connectivity index (χ4n) is 1.59. The van der Waals surface area contributed by atoms with Crippen molar-refractivity contribution in [1.29, 1.82) is 0 Å². The molecule has 0 N–H and O–H groups in total. The Labute approximate surface area is 116 Å². The molecule has 0 aliphatic rings. The number of hydrogen-bond acceptors (Lipinski definition) is 2. The number of hydrogen-bond donors (Lipinski definition) is 0. The largest absolute Gasteiger partial charge is 1.00 e. The summed E-state index contributed by atoms with van der Waals surface area (Å²) in [7, 11) is 1.77. The van der Waals surface area contributed by atoms with E-state index in [2.05, 4.69) is 0 Å². The van der Waals surface area contributed by atoms with Gasteiger partial charge in [-0.2, -0.15) is 0 Å². The number of nitrogens with zero attached hydrogens (tertiary/aromatic N) is 2. The minimum absolute atomic E-state index is 0. The lowest BCUT2D eigenvalue weighted by atomic mass is 10.1. The van der Waals surface area contributed by atoms with Crippen molar-refractivity contribution in [2.75, 3.05) is 0 Å². The number of pyridine rings is 1. The van der Waals surface area contributed by atoms with E-state index in [0.29, 0.717) is 5.56 Å². The first-order valence-corrected chi connectivity index (χ1v) is 4.87. The van der Waals surface area contributed by atoms with Gasteiger partial charge in [-0.15, -0.1) is 0 Å². The second kappa shape index (κ2) is 5.72. The molecule has 88 valence electrons. The Bertz CT molecular complexity index is 529. The molecule has 0 amide bonds. The van der Waals surface area contributed by atoms with Gasteiger partial charge in [-0.05, 0) is 5.56 Å². The lowest BCUT2D eigenvalue weighted by Crippen LogP contribution is -3.00.